The number of urea groups is 1. The normalized spacial score (nSPS) is 18.9. The predicted molar refractivity (Wildman–Crippen MR) is 137 cm³/mol. The largest absolute Gasteiger partial charge is 0.472 e. The van der Waals surface area contributed by atoms with Gasteiger partial charge in [-0.15, -0.1) is 0 Å². The maximum absolute atomic E-state index is 13.5. The van der Waals surface area contributed by atoms with E-state index in [1.54, 1.807) is 29.1 Å². The van der Waals surface area contributed by atoms with Gasteiger partial charge >= 0.3 is 6.03 Å². The van der Waals surface area contributed by atoms with Crippen molar-refractivity contribution in [3.8, 4) is 5.88 Å². The van der Waals surface area contributed by atoms with Crippen LogP contribution in [-0.4, -0.2) is 77.3 Å². The number of rotatable bonds is 8. The Balaban J connectivity index is 1.91. The van der Waals surface area contributed by atoms with Crippen molar-refractivity contribution in [2.24, 2.45) is 5.92 Å². The molecule has 0 unspecified atom stereocenters. The van der Waals surface area contributed by atoms with Crippen LogP contribution in [0.4, 0.5) is 4.79 Å². The van der Waals surface area contributed by atoms with Crippen molar-refractivity contribution in [2.75, 3.05) is 33.3 Å². The number of aromatic nitrogens is 1. The predicted octanol–water partition coefficient (Wildman–Crippen LogP) is 3.52. The lowest BCUT2D eigenvalue weighted by atomic mass is 10.00. The number of carbonyl (C=O) groups excluding carboxylic acids is 2. The summed E-state index contributed by atoms with van der Waals surface area (Å²) in [4.78, 5) is 33.7. The summed E-state index contributed by atoms with van der Waals surface area (Å²) in [5.74, 6) is -0.0914. The van der Waals surface area contributed by atoms with Crippen LogP contribution >= 0.6 is 0 Å². The number of fused-ring (bicyclic) bond motifs is 1. The fourth-order valence-corrected chi connectivity index (χ4v) is 3.90. The van der Waals surface area contributed by atoms with Crippen molar-refractivity contribution >= 4 is 24.1 Å². The highest BCUT2D eigenvalue weighted by atomic mass is 16.5. The molecule has 0 spiro atoms. The monoisotopic (exact) mass is 480 g/mol. The summed E-state index contributed by atoms with van der Waals surface area (Å²) in [6, 6.07) is 11.1. The number of ether oxygens (including phenoxy) is 1. The quantitative estimate of drug-likeness (QED) is 0.603. The minimum Gasteiger partial charge on any atom is -0.472 e. The Morgan fingerprint density at radius 2 is 2.03 bits per heavy atom. The summed E-state index contributed by atoms with van der Waals surface area (Å²) < 4.78 is 6.26. The third kappa shape index (κ3) is 6.82. The highest BCUT2D eigenvalue weighted by molar-refractivity contribution is 5.97. The van der Waals surface area contributed by atoms with Crippen LogP contribution in [0.15, 0.2) is 42.6 Å². The molecule has 2 N–H and O–H groups in total. The molecule has 35 heavy (non-hydrogen) atoms. The summed E-state index contributed by atoms with van der Waals surface area (Å²) in [5, 5.41) is 12.7. The smallest absolute Gasteiger partial charge is 0.317 e. The highest BCUT2D eigenvalue weighted by Gasteiger charge is 2.34. The molecule has 188 valence electrons. The zero-order valence-corrected chi connectivity index (χ0v) is 21.0. The number of aliphatic hydroxyl groups excluding tert-OH is 1. The number of nitrogens with zero attached hydrogens (tertiary/aromatic N) is 3. The average Bonchev–Trinajstić information content (AvgIpc) is 2.88. The molecular formula is C27H36N4O4. The number of pyridine rings is 1. The Morgan fingerprint density at radius 1 is 1.31 bits per heavy atom. The molecule has 2 aromatic rings. The van der Waals surface area contributed by atoms with E-state index in [0.29, 0.717) is 25.2 Å². The molecule has 2 heterocycles. The second kappa shape index (κ2) is 12.4. The molecule has 1 aliphatic heterocycles. The number of aliphatic hydroxyl groups is 1. The lowest BCUT2D eigenvalue weighted by Gasteiger charge is -2.37. The third-order valence-electron chi connectivity index (χ3n) is 6.14. The van der Waals surface area contributed by atoms with Crippen LogP contribution < -0.4 is 10.1 Å². The number of amides is 3. The van der Waals surface area contributed by atoms with Crippen molar-refractivity contribution in [1.82, 2.24) is 20.1 Å². The van der Waals surface area contributed by atoms with E-state index in [-0.39, 0.29) is 42.5 Å². The van der Waals surface area contributed by atoms with Gasteiger partial charge in [0.05, 0.1) is 19.2 Å². The summed E-state index contributed by atoms with van der Waals surface area (Å²) in [6.07, 6.45) is 6.00. The second-order valence-electron chi connectivity index (χ2n) is 9.10. The van der Waals surface area contributed by atoms with Gasteiger partial charge in [-0.05, 0) is 30.5 Å². The van der Waals surface area contributed by atoms with Crippen LogP contribution in [0.3, 0.4) is 0 Å². The molecule has 0 radical (unpaired) electrons. The molecule has 0 fully saturated rings. The molecule has 8 heteroatoms. The Kier molecular flexibility index (Phi) is 9.25. The minimum atomic E-state index is -0.383. The Labute approximate surface area is 207 Å². The van der Waals surface area contributed by atoms with Crippen LogP contribution in [0, 0.1) is 5.92 Å². The van der Waals surface area contributed by atoms with E-state index in [9.17, 15) is 14.7 Å². The van der Waals surface area contributed by atoms with E-state index in [2.05, 4.69) is 10.3 Å². The number of hydrogen-bond donors (Lipinski definition) is 2. The molecule has 0 saturated carbocycles. The van der Waals surface area contributed by atoms with Crippen molar-refractivity contribution in [3.05, 3.63) is 59.3 Å². The number of carbonyl (C=O) groups is 2. The number of likely N-dealkylation sites (N-methyl/N-ethyl adjacent to an activating group) is 1. The number of benzene rings is 1. The summed E-state index contributed by atoms with van der Waals surface area (Å²) in [6.45, 7) is 6.97. The first-order valence-electron chi connectivity index (χ1n) is 12.1. The second-order valence-corrected chi connectivity index (χ2v) is 9.10. The molecule has 0 aliphatic carbocycles. The van der Waals surface area contributed by atoms with E-state index < -0.39 is 0 Å². The van der Waals surface area contributed by atoms with E-state index in [1.165, 1.54) is 0 Å². The molecule has 8 nitrogen and oxygen atoms in total. The highest BCUT2D eigenvalue weighted by Crippen LogP contribution is 2.28. The first-order chi connectivity index (χ1) is 16.8. The van der Waals surface area contributed by atoms with Crippen molar-refractivity contribution in [2.45, 2.75) is 39.3 Å². The molecule has 1 aromatic carbocycles. The van der Waals surface area contributed by atoms with Gasteiger partial charge in [0.2, 0.25) is 5.88 Å². The number of nitrogens with one attached hydrogen (secondary N) is 1. The molecule has 3 rings (SSSR count). The maximum Gasteiger partial charge on any atom is 0.317 e. The summed E-state index contributed by atoms with van der Waals surface area (Å²) >= 11 is 0. The SMILES string of the molecule is CCCNC(=O)N(C)C[C@H]1Oc2ncc(/C=C/c3ccccc3)cc2C(=O)N([C@@H](C)CO)C[C@@H]1C. The average molecular weight is 481 g/mol. The standard InChI is InChI=1S/C27H36N4O4/c1-5-13-28-27(34)30(4)17-24-19(2)16-31(20(3)18-32)26(33)23-14-22(15-29-25(23)35-24)12-11-21-9-7-6-8-10-21/h6-12,14-15,19-20,24,32H,5,13,16-18H2,1-4H3,(H,28,34)/b12-11+/t19-,20-,24+/m0/s1. The van der Waals surface area contributed by atoms with Gasteiger partial charge in [0.15, 0.2) is 0 Å². The first-order valence-corrected chi connectivity index (χ1v) is 12.1. The summed E-state index contributed by atoms with van der Waals surface area (Å²) in [7, 11) is 1.73. The lowest BCUT2D eigenvalue weighted by molar-refractivity contribution is 0.0352. The van der Waals surface area contributed by atoms with E-state index >= 15 is 0 Å². The first kappa shape index (κ1) is 26.2. The zero-order valence-electron chi connectivity index (χ0n) is 21.0. The molecule has 3 amide bonds. The molecule has 0 saturated heterocycles. The van der Waals surface area contributed by atoms with Gasteiger partial charge in [-0.25, -0.2) is 9.78 Å². The van der Waals surface area contributed by atoms with Crippen LogP contribution in [0.5, 0.6) is 5.88 Å². The Morgan fingerprint density at radius 3 is 2.71 bits per heavy atom. The van der Waals surface area contributed by atoms with Crippen LogP contribution in [0.2, 0.25) is 0 Å². The zero-order chi connectivity index (χ0) is 25.4. The maximum atomic E-state index is 13.5. The van der Waals surface area contributed by atoms with Gasteiger partial charge in [-0.3, -0.25) is 4.79 Å². The molecular weight excluding hydrogens is 444 g/mol. The van der Waals surface area contributed by atoms with Gasteiger partial charge in [0.25, 0.3) is 5.91 Å². The van der Waals surface area contributed by atoms with E-state index in [4.69, 9.17) is 4.74 Å². The molecule has 3 atom stereocenters. The van der Waals surface area contributed by atoms with Gasteiger partial charge < -0.3 is 25.0 Å². The fourth-order valence-electron chi connectivity index (χ4n) is 3.90. The lowest BCUT2D eigenvalue weighted by Crippen LogP contribution is -2.51. The Hall–Kier alpha value is -3.39. The van der Waals surface area contributed by atoms with Crippen molar-refractivity contribution in [3.63, 3.8) is 0 Å². The van der Waals surface area contributed by atoms with Crippen LogP contribution in [-0.2, 0) is 0 Å². The van der Waals surface area contributed by atoms with E-state index in [1.807, 2.05) is 63.3 Å². The van der Waals surface area contributed by atoms with E-state index in [0.717, 1.165) is 17.5 Å². The number of hydrogen-bond acceptors (Lipinski definition) is 5. The minimum absolute atomic E-state index is 0.0954. The molecule has 1 aliphatic rings. The van der Waals surface area contributed by atoms with Gasteiger partial charge in [-0.2, -0.15) is 0 Å². The van der Waals surface area contributed by atoms with Crippen molar-refractivity contribution < 1.29 is 19.4 Å². The van der Waals surface area contributed by atoms with Crippen LogP contribution in [0.25, 0.3) is 12.2 Å². The fraction of sp³-hybridized carbons (Fsp3) is 0.444. The molecule has 0 bridgehead atoms. The Bertz CT molecular complexity index is 1030. The van der Waals surface area contributed by atoms with Gasteiger partial charge in [-0.1, -0.05) is 56.3 Å². The van der Waals surface area contributed by atoms with Crippen molar-refractivity contribution in [1.29, 1.82) is 0 Å². The topological polar surface area (TPSA) is 95.0 Å². The van der Waals surface area contributed by atoms with Gasteiger partial charge in [0.1, 0.15) is 11.7 Å². The third-order valence-corrected chi connectivity index (χ3v) is 6.14. The molecule has 1 aromatic heterocycles. The van der Waals surface area contributed by atoms with Gasteiger partial charge in [0, 0.05) is 32.3 Å². The van der Waals surface area contributed by atoms with Crippen LogP contribution in [0.1, 0.15) is 48.7 Å². The summed E-state index contributed by atoms with van der Waals surface area (Å²) in [5.41, 5.74) is 2.15.